The van der Waals surface area contributed by atoms with Crippen LogP contribution in [0.15, 0.2) is 35.1 Å². The van der Waals surface area contributed by atoms with Gasteiger partial charge < -0.3 is 10.2 Å². The Labute approximate surface area is 144 Å². The van der Waals surface area contributed by atoms with E-state index in [0.29, 0.717) is 12.0 Å². The number of nitrogens with zero attached hydrogens (tertiary/aromatic N) is 4. The molecule has 0 spiro atoms. The average molecular weight is 374 g/mol. The Morgan fingerprint density at radius 1 is 1.04 bits per heavy atom. The second-order valence-corrected chi connectivity index (χ2v) is 7.23. The molecule has 2 aromatic rings. The summed E-state index contributed by atoms with van der Waals surface area (Å²) >= 11 is 3.43. The second kappa shape index (κ2) is 6.43. The summed E-state index contributed by atoms with van der Waals surface area (Å²) in [4.78, 5) is 15.9. The summed E-state index contributed by atoms with van der Waals surface area (Å²) in [7, 11) is 0. The van der Waals surface area contributed by atoms with E-state index in [9.17, 15) is 0 Å². The smallest absolute Gasteiger partial charge is 0.133 e. The number of nitrogens with one attached hydrogen (secondary N) is 1. The molecule has 4 rings (SSSR count). The molecule has 0 atom stereocenters. The molecule has 2 fully saturated rings. The number of hydrogen-bond acceptors (Lipinski definition) is 5. The SMILES string of the molecule is Brc1ccc(N2CCC(Nc3ccnc(C4CC4)n3)CC2)nc1. The van der Waals surface area contributed by atoms with Crippen LogP contribution < -0.4 is 10.2 Å². The van der Waals surface area contributed by atoms with Crippen molar-refractivity contribution in [1.29, 1.82) is 0 Å². The Hall–Kier alpha value is -1.69. The molecule has 120 valence electrons. The average Bonchev–Trinajstić information content (AvgIpc) is 3.42. The summed E-state index contributed by atoms with van der Waals surface area (Å²) in [5.74, 6) is 3.64. The van der Waals surface area contributed by atoms with Crippen LogP contribution >= 0.6 is 15.9 Å². The van der Waals surface area contributed by atoms with Crippen molar-refractivity contribution in [3.05, 3.63) is 40.9 Å². The summed E-state index contributed by atoms with van der Waals surface area (Å²) < 4.78 is 1.02. The molecule has 6 heteroatoms. The van der Waals surface area contributed by atoms with Crippen LogP contribution in [-0.4, -0.2) is 34.1 Å². The minimum absolute atomic E-state index is 0.476. The first kappa shape index (κ1) is 14.9. The van der Waals surface area contributed by atoms with E-state index < -0.39 is 0 Å². The molecule has 0 radical (unpaired) electrons. The highest BCUT2D eigenvalue weighted by molar-refractivity contribution is 9.10. The largest absolute Gasteiger partial charge is 0.367 e. The van der Waals surface area contributed by atoms with Gasteiger partial charge in [0.25, 0.3) is 0 Å². The van der Waals surface area contributed by atoms with Gasteiger partial charge in [-0.05, 0) is 59.8 Å². The van der Waals surface area contributed by atoms with Crippen LogP contribution in [0.3, 0.4) is 0 Å². The van der Waals surface area contributed by atoms with Gasteiger partial charge in [0, 0.05) is 41.9 Å². The van der Waals surface area contributed by atoms with Gasteiger partial charge in [-0.2, -0.15) is 0 Å². The van der Waals surface area contributed by atoms with Gasteiger partial charge in [-0.1, -0.05) is 0 Å². The molecule has 1 N–H and O–H groups in total. The predicted octanol–water partition coefficient (Wildman–Crippen LogP) is 3.59. The lowest BCUT2D eigenvalue weighted by Gasteiger charge is -2.33. The molecule has 3 heterocycles. The van der Waals surface area contributed by atoms with Crippen molar-refractivity contribution in [2.45, 2.75) is 37.6 Å². The maximum Gasteiger partial charge on any atom is 0.133 e. The van der Waals surface area contributed by atoms with Gasteiger partial charge in [0.1, 0.15) is 17.5 Å². The fourth-order valence-corrected chi connectivity index (χ4v) is 3.24. The summed E-state index contributed by atoms with van der Waals surface area (Å²) in [6.07, 6.45) is 8.41. The van der Waals surface area contributed by atoms with Crippen molar-refractivity contribution in [3.8, 4) is 0 Å². The third-order valence-electron chi connectivity index (χ3n) is 4.50. The summed E-state index contributed by atoms with van der Waals surface area (Å²) in [6.45, 7) is 2.04. The monoisotopic (exact) mass is 373 g/mol. The Morgan fingerprint density at radius 2 is 1.87 bits per heavy atom. The van der Waals surface area contributed by atoms with E-state index in [-0.39, 0.29) is 0 Å². The number of anilines is 2. The van der Waals surface area contributed by atoms with Gasteiger partial charge in [-0.15, -0.1) is 0 Å². The standard InChI is InChI=1S/C17H20BrN5/c18-13-3-4-16(20-11-13)23-9-6-14(7-10-23)21-15-5-8-19-17(22-15)12-1-2-12/h3-5,8,11-12,14H,1-2,6-7,9-10H2,(H,19,21,22). The van der Waals surface area contributed by atoms with Gasteiger partial charge in [0.2, 0.25) is 0 Å². The second-order valence-electron chi connectivity index (χ2n) is 6.31. The molecule has 0 bridgehead atoms. The zero-order valence-electron chi connectivity index (χ0n) is 13.0. The lowest BCUT2D eigenvalue weighted by molar-refractivity contribution is 0.522. The summed E-state index contributed by atoms with van der Waals surface area (Å²) in [5, 5.41) is 3.58. The molecule has 0 amide bonds. The minimum atomic E-state index is 0.476. The lowest BCUT2D eigenvalue weighted by Crippen LogP contribution is -2.39. The van der Waals surface area contributed by atoms with E-state index in [1.54, 1.807) is 0 Å². The van der Waals surface area contributed by atoms with Crippen molar-refractivity contribution >= 4 is 27.6 Å². The summed E-state index contributed by atoms with van der Waals surface area (Å²) in [5.41, 5.74) is 0. The minimum Gasteiger partial charge on any atom is -0.367 e. The maximum absolute atomic E-state index is 4.66. The molecular weight excluding hydrogens is 354 g/mol. The third-order valence-corrected chi connectivity index (χ3v) is 4.97. The van der Waals surface area contributed by atoms with Gasteiger partial charge in [-0.25, -0.2) is 15.0 Å². The molecule has 1 saturated heterocycles. The van der Waals surface area contributed by atoms with Crippen LogP contribution in [0.1, 0.15) is 37.4 Å². The number of aromatic nitrogens is 3. The van der Waals surface area contributed by atoms with E-state index in [4.69, 9.17) is 0 Å². The van der Waals surface area contributed by atoms with Crippen molar-refractivity contribution in [2.24, 2.45) is 0 Å². The topological polar surface area (TPSA) is 53.9 Å². The molecule has 5 nitrogen and oxygen atoms in total. The van der Waals surface area contributed by atoms with Crippen LogP contribution in [0.4, 0.5) is 11.6 Å². The molecule has 2 aromatic heterocycles. The molecule has 1 aliphatic carbocycles. The van der Waals surface area contributed by atoms with E-state index >= 15 is 0 Å². The number of hydrogen-bond donors (Lipinski definition) is 1. The van der Waals surface area contributed by atoms with E-state index in [0.717, 1.165) is 47.9 Å². The number of rotatable bonds is 4. The first-order valence-corrected chi connectivity index (χ1v) is 9.03. The van der Waals surface area contributed by atoms with Crippen molar-refractivity contribution in [1.82, 2.24) is 15.0 Å². The molecule has 0 aromatic carbocycles. The Bertz CT molecular complexity index is 663. The third kappa shape index (κ3) is 3.63. The quantitative estimate of drug-likeness (QED) is 0.887. The normalized spacial score (nSPS) is 18.9. The zero-order chi connectivity index (χ0) is 15.6. The van der Waals surface area contributed by atoms with Crippen molar-refractivity contribution in [2.75, 3.05) is 23.3 Å². The molecule has 0 unspecified atom stereocenters. The van der Waals surface area contributed by atoms with Gasteiger partial charge >= 0.3 is 0 Å². The van der Waals surface area contributed by atoms with Crippen LogP contribution in [0, 0.1) is 0 Å². The van der Waals surface area contributed by atoms with Crippen LogP contribution in [0.5, 0.6) is 0 Å². The number of piperidine rings is 1. The highest BCUT2D eigenvalue weighted by Crippen LogP contribution is 2.38. The Balaban J connectivity index is 1.34. The van der Waals surface area contributed by atoms with E-state index in [2.05, 4.69) is 47.2 Å². The number of halogens is 1. The fourth-order valence-electron chi connectivity index (χ4n) is 3.01. The zero-order valence-corrected chi connectivity index (χ0v) is 14.5. The Kier molecular flexibility index (Phi) is 4.16. The van der Waals surface area contributed by atoms with Gasteiger partial charge in [0.05, 0.1) is 0 Å². The molecule has 1 saturated carbocycles. The molecule has 1 aliphatic heterocycles. The first-order chi connectivity index (χ1) is 11.3. The van der Waals surface area contributed by atoms with Crippen molar-refractivity contribution < 1.29 is 0 Å². The highest BCUT2D eigenvalue weighted by atomic mass is 79.9. The molecule has 23 heavy (non-hydrogen) atoms. The van der Waals surface area contributed by atoms with E-state index in [1.165, 1.54) is 12.8 Å². The Morgan fingerprint density at radius 3 is 2.57 bits per heavy atom. The van der Waals surface area contributed by atoms with Crippen molar-refractivity contribution in [3.63, 3.8) is 0 Å². The van der Waals surface area contributed by atoms with Crippen LogP contribution in [0.25, 0.3) is 0 Å². The fraction of sp³-hybridized carbons (Fsp3) is 0.471. The summed E-state index contributed by atoms with van der Waals surface area (Å²) in [6, 6.07) is 6.58. The van der Waals surface area contributed by atoms with E-state index in [1.807, 2.05) is 24.5 Å². The first-order valence-electron chi connectivity index (χ1n) is 8.24. The predicted molar refractivity (Wildman–Crippen MR) is 94.8 cm³/mol. The highest BCUT2D eigenvalue weighted by Gasteiger charge is 2.27. The van der Waals surface area contributed by atoms with Crippen LogP contribution in [-0.2, 0) is 0 Å². The van der Waals surface area contributed by atoms with Gasteiger partial charge in [-0.3, -0.25) is 0 Å². The lowest BCUT2D eigenvalue weighted by atomic mass is 10.1. The van der Waals surface area contributed by atoms with Crippen LogP contribution in [0.2, 0.25) is 0 Å². The maximum atomic E-state index is 4.66. The molecule has 2 aliphatic rings. The molecular formula is C17H20BrN5. The number of pyridine rings is 1. The van der Waals surface area contributed by atoms with Gasteiger partial charge in [0.15, 0.2) is 0 Å².